The molecule has 0 bridgehead atoms. The third-order valence-electron chi connectivity index (χ3n) is 11.0. The Hall–Kier alpha value is -4.97. The van der Waals surface area contributed by atoms with E-state index in [1.807, 2.05) is 0 Å². The normalized spacial score (nSPS) is 13.3. The number of rotatable bonds is 48. The molecule has 6 heteroatoms. The molecule has 0 N–H and O–H groups in total. The van der Waals surface area contributed by atoms with Gasteiger partial charge in [0.05, 0.1) is 0 Å². The van der Waals surface area contributed by atoms with Crippen molar-refractivity contribution in [3.8, 4) is 0 Å². The second kappa shape index (κ2) is 57.6. The predicted molar refractivity (Wildman–Crippen MR) is 306 cm³/mol. The lowest BCUT2D eigenvalue weighted by Gasteiger charge is -2.18. The standard InChI is InChI=1S/C65H100O6/c1-4-7-10-13-16-19-22-25-28-31-32-35-37-40-43-46-49-52-55-58-64(67)70-61-62(71-65(68)59-56-53-50-47-44-41-38-34-30-27-24-21-18-15-12-9-6-3)60-69-63(66)57-54-51-48-45-42-39-36-33-29-26-23-20-17-14-11-8-5-2/h7-8,10-11,16-17,19-20,25-30,32,35-36,38-41,43,45,47-48,50,62H,4-6,9,12-15,18,21-24,31,33-34,37,42,44,46,49,51-61H2,1-3H3/b10-7-,11-8-,19-16-,20-17-,28-25-,29-26-,30-27-,35-32-,39-36-,41-38-,43-40-,48-45-,50-47-/t62-/m0/s1. The van der Waals surface area contributed by atoms with E-state index in [2.05, 4.69) is 179 Å². The number of hydrogen-bond donors (Lipinski definition) is 0. The summed E-state index contributed by atoms with van der Waals surface area (Å²) in [6.45, 7) is 6.26. The van der Waals surface area contributed by atoms with Crippen LogP contribution in [-0.4, -0.2) is 37.2 Å². The van der Waals surface area contributed by atoms with E-state index in [0.717, 1.165) is 116 Å². The summed E-state index contributed by atoms with van der Waals surface area (Å²) >= 11 is 0. The van der Waals surface area contributed by atoms with Crippen LogP contribution < -0.4 is 0 Å². The molecular formula is C65H100O6. The van der Waals surface area contributed by atoms with Crippen LogP contribution in [0.5, 0.6) is 0 Å². The van der Waals surface area contributed by atoms with Crippen LogP contribution in [0.4, 0.5) is 0 Å². The molecule has 0 saturated carbocycles. The largest absolute Gasteiger partial charge is 0.462 e. The molecule has 71 heavy (non-hydrogen) atoms. The monoisotopic (exact) mass is 977 g/mol. The van der Waals surface area contributed by atoms with Gasteiger partial charge in [-0.25, -0.2) is 0 Å². The van der Waals surface area contributed by atoms with Gasteiger partial charge in [-0.05, 0) is 135 Å². The third kappa shape index (κ3) is 55.8. The quantitative estimate of drug-likeness (QED) is 0.0262. The lowest BCUT2D eigenvalue weighted by molar-refractivity contribution is -0.167. The fourth-order valence-corrected chi connectivity index (χ4v) is 6.87. The van der Waals surface area contributed by atoms with Crippen molar-refractivity contribution in [2.24, 2.45) is 0 Å². The van der Waals surface area contributed by atoms with Crippen LogP contribution in [0.2, 0.25) is 0 Å². The van der Waals surface area contributed by atoms with Crippen LogP contribution in [0.1, 0.15) is 213 Å². The van der Waals surface area contributed by atoms with Gasteiger partial charge in [-0.3, -0.25) is 14.4 Å². The average Bonchev–Trinajstić information content (AvgIpc) is 3.37. The first-order valence-corrected chi connectivity index (χ1v) is 28.0. The van der Waals surface area contributed by atoms with Crippen molar-refractivity contribution in [2.45, 2.75) is 219 Å². The van der Waals surface area contributed by atoms with Crippen molar-refractivity contribution in [1.29, 1.82) is 0 Å². The molecule has 396 valence electrons. The number of ether oxygens (including phenoxy) is 3. The molecule has 0 aromatic heterocycles. The Bertz CT molecular complexity index is 1640. The molecule has 0 rings (SSSR count). The van der Waals surface area contributed by atoms with Gasteiger partial charge >= 0.3 is 17.9 Å². The van der Waals surface area contributed by atoms with Crippen molar-refractivity contribution < 1.29 is 28.6 Å². The Morgan fingerprint density at radius 1 is 0.296 bits per heavy atom. The van der Waals surface area contributed by atoms with Gasteiger partial charge in [0.1, 0.15) is 13.2 Å². The number of allylic oxidation sites excluding steroid dienone is 26. The molecule has 0 radical (unpaired) electrons. The molecule has 0 aliphatic carbocycles. The van der Waals surface area contributed by atoms with Crippen molar-refractivity contribution in [2.75, 3.05) is 13.2 Å². The highest BCUT2D eigenvalue weighted by Crippen LogP contribution is 2.11. The van der Waals surface area contributed by atoms with Gasteiger partial charge in [0.2, 0.25) is 0 Å². The molecule has 0 saturated heterocycles. The number of hydrogen-bond acceptors (Lipinski definition) is 6. The molecule has 0 aliphatic heterocycles. The summed E-state index contributed by atoms with van der Waals surface area (Å²) in [5.74, 6) is -1.09. The highest BCUT2D eigenvalue weighted by Gasteiger charge is 2.19. The van der Waals surface area contributed by atoms with Gasteiger partial charge in [-0.15, -0.1) is 0 Å². The molecule has 0 unspecified atom stereocenters. The van der Waals surface area contributed by atoms with Crippen LogP contribution >= 0.6 is 0 Å². The van der Waals surface area contributed by atoms with E-state index < -0.39 is 12.1 Å². The fourth-order valence-electron chi connectivity index (χ4n) is 6.87. The third-order valence-corrected chi connectivity index (χ3v) is 11.0. The van der Waals surface area contributed by atoms with Gasteiger partial charge in [0.25, 0.3) is 0 Å². The minimum Gasteiger partial charge on any atom is -0.462 e. The SMILES string of the molecule is CC/C=C\C/C=C\C/C=C\C/C=C\C/C=C\CCCCCC(=O)OC[C@H](COC(=O)CCC/C=C\C/C=C\C/C=C\C/C=C\C/C=C\CC)OC(=O)CCC/C=C\C/C=C\C/C=C\CCCCCCCC. The predicted octanol–water partition coefficient (Wildman–Crippen LogP) is 19.0. The van der Waals surface area contributed by atoms with Crippen molar-refractivity contribution >= 4 is 17.9 Å². The topological polar surface area (TPSA) is 78.9 Å². The minimum absolute atomic E-state index is 0.140. The first kappa shape index (κ1) is 66.0. The van der Waals surface area contributed by atoms with Crippen LogP contribution in [0, 0.1) is 0 Å². The summed E-state index contributed by atoms with van der Waals surface area (Å²) in [6.07, 6.45) is 83.8. The van der Waals surface area contributed by atoms with E-state index >= 15 is 0 Å². The first-order chi connectivity index (χ1) is 35.0. The van der Waals surface area contributed by atoms with Crippen LogP contribution in [0.25, 0.3) is 0 Å². The molecule has 0 fully saturated rings. The Labute approximate surface area is 435 Å². The van der Waals surface area contributed by atoms with E-state index in [9.17, 15) is 14.4 Å². The van der Waals surface area contributed by atoms with E-state index in [-0.39, 0.29) is 38.0 Å². The minimum atomic E-state index is -0.850. The summed E-state index contributed by atoms with van der Waals surface area (Å²) in [7, 11) is 0. The second-order valence-corrected chi connectivity index (χ2v) is 17.7. The summed E-state index contributed by atoms with van der Waals surface area (Å²) < 4.78 is 16.7. The summed E-state index contributed by atoms with van der Waals surface area (Å²) in [5, 5.41) is 0. The molecule has 1 atom stereocenters. The first-order valence-electron chi connectivity index (χ1n) is 28.0. The zero-order valence-electron chi connectivity index (χ0n) is 45.2. The Balaban J connectivity index is 4.65. The van der Waals surface area contributed by atoms with E-state index in [1.165, 1.54) is 44.9 Å². The molecule has 0 aromatic rings. The second-order valence-electron chi connectivity index (χ2n) is 17.7. The van der Waals surface area contributed by atoms with Gasteiger partial charge in [0.15, 0.2) is 6.10 Å². The Kier molecular flexibility index (Phi) is 53.6. The number of unbranched alkanes of at least 4 members (excludes halogenated alkanes) is 11. The number of esters is 3. The Morgan fingerprint density at radius 2 is 0.563 bits per heavy atom. The zero-order valence-corrected chi connectivity index (χ0v) is 45.2. The van der Waals surface area contributed by atoms with Crippen molar-refractivity contribution in [3.63, 3.8) is 0 Å². The van der Waals surface area contributed by atoms with E-state index in [1.54, 1.807) is 0 Å². The van der Waals surface area contributed by atoms with Crippen molar-refractivity contribution in [3.05, 3.63) is 158 Å². The Morgan fingerprint density at radius 3 is 0.915 bits per heavy atom. The number of carbonyl (C=O) groups excluding carboxylic acids is 3. The number of carbonyl (C=O) groups is 3. The van der Waals surface area contributed by atoms with E-state index in [4.69, 9.17) is 14.2 Å². The molecule has 6 nitrogen and oxygen atoms in total. The summed E-state index contributed by atoms with van der Waals surface area (Å²) in [5.41, 5.74) is 0. The molecule has 0 aliphatic rings. The van der Waals surface area contributed by atoms with Crippen LogP contribution in [0.3, 0.4) is 0 Å². The maximum atomic E-state index is 12.8. The lowest BCUT2D eigenvalue weighted by atomic mass is 10.1. The zero-order chi connectivity index (χ0) is 51.4. The smallest absolute Gasteiger partial charge is 0.306 e. The van der Waals surface area contributed by atoms with E-state index in [0.29, 0.717) is 19.3 Å². The summed E-state index contributed by atoms with van der Waals surface area (Å²) in [6, 6.07) is 0. The molecule has 0 heterocycles. The molecule has 0 amide bonds. The average molecular weight is 978 g/mol. The maximum absolute atomic E-state index is 12.8. The fraction of sp³-hybridized carbons (Fsp3) is 0.554. The molecule has 0 spiro atoms. The molecular weight excluding hydrogens is 877 g/mol. The van der Waals surface area contributed by atoms with Crippen LogP contribution in [0.15, 0.2) is 158 Å². The molecule has 0 aromatic carbocycles. The van der Waals surface area contributed by atoms with Crippen LogP contribution in [-0.2, 0) is 28.6 Å². The summed E-state index contributed by atoms with van der Waals surface area (Å²) in [4.78, 5) is 38.1. The highest BCUT2D eigenvalue weighted by molar-refractivity contribution is 5.71. The maximum Gasteiger partial charge on any atom is 0.306 e. The van der Waals surface area contributed by atoms with Gasteiger partial charge < -0.3 is 14.2 Å². The van der Waals surface area contributed by atoms with Gasteiger partial charge in [-0.2, -0.15) is 0 Å². The van der Waals surface area contributed by atoms with Gasteiger partial charge in [-0.1, -0.05) is 217 Å². The lowest BCUT2D eigenvalue weighted by Crippen LogP contribution is -2.30. The van der Waals surface area contributed by atoms with Gasteiger partial charge in [0, 0.05) is 19.3 Å². The van der Waals surface area contributed by atoms with Crippen molar-refractivity contribution in [1.82, 2.24) is 0 Å². The highest BCUT2D eigenvalue weighted by atomic mass is 16.6.